The Balaban J connectivity index is 2.24. The zero-order chi connectivity index (χ0) is 10.7. The lowest BCUT2D eigenvalue weighted by atomic mass is 10.1. The van der Waals surface area contributed by atoms with Gasteiger partial charge in [0.2, 0.25) is 0 Å². The summed E-state index contributed by atoms with van der Waals surface area (Å²) in [6, 6.07) is 1.59. The summed E-state index contributed by atoms with van der Waals surface area (Å²) in [5.41, 5.74) is 7.81. The summed E-state index contributed by atoms with van der Waals surface area (Å²) in [6.45, 7) is 2.88. The van der Waals surface area contributed by atoms with Gasteiger partial charge in [-0.25, -0.2) is 9.97 Å². The molecular formula is C10H13N5. The van der Waals surface area contributed by atoms with Gasteiger partial charge >= 0.3 is 0 Å². The lowest BCUT2D eigenvalue weighted by molar-refractivity contribution is 0.658. The van der Waals surface area contributed by atoms with Crippen molar-refractivity contribution in [1.29, 1.82) is 0 Å². The van der Waals surface area contributed by atoms with Gasteiger partial charge in [0.25, 0.3) is 0 Å². The van der Waals surface area contributed by atoms with Gasteiger partial charge in [0, 0.05) is 24.5 Å². The summed E-state index contributed by atoms with van der Waals surface area (Å²) in [7, 11) is 0. The van der Waals surface area contributed by atoms with E-state index in [9.17, 15) is 0 Å². The number of aromatic nitrogens is 4. The molecule has 0 saturated carbocycles. The second-order valence-corrected chi connectivity index (χ2v) is 3.24. The minimum absolute atomic E-state index is 0.228. The minimum Gasteiger partial charge on any atom is -0.319 e. The Kier molecular flexibility index (Phi) is 2.73. The molecule has 0 aliphatic heterocycles. The molecule has 5 nitrogen and oxygen atoms in total. The maximum absolute atomic E-state index is 6.04. The summed E-state index contributed by atoms with van der Waals surface area (Å²) in [4.78, 5) is 7.97. The van der Waals surface area contributed by atoms with E-state index in [1.807, 2.05) is 23.9 Å². The lowest BCUT2D eigenvalue weighted by Gasteiger charge is -2.07. The standard InChI is InChI=1S/C10H13N5/c1-2-15-6-8(5-14-15)10(11)9-3-4-12-7-13-9/h3-7,10H,2,11H2,1H3. The van der Waals surface area contributed by atoms with Crippen LogP contribution in [0.4, 0.5) is 0 Å². The fourth-order valence-corrected chi connectivity index (χ4v) is 1.37. The molecule has 15 heavy (non-hydrogen) atoms. The van der Waals surface area contributed by atoms with Gasteiger partial charge in [-0.05, 0) is 13.0 Å². The predicted molar refractivity (Wildman–Crippen MR) is 56.0 cm³/mol. The molecule has 2 heterocycles. The molecule has 0 fully saturated rings. The number of hydrogen-bond acceptors (Lipinski definition) is 4. The number of rotatable bonds is 3. The van der Waals surface area contributed by atoms with Crippen LogP contribution in [0.5, 0.6) is 0 Å². The first-order chi connectivity index (χ1) is 7.31. The van der Waals surface area contributed by atoms with Crippen LogP contribution in [-0.4, -0.2) is 19.7 Å². The van der Waals surface area contributed by atoms with Gasteiger partial charge in [-0.15, -0.1) is 0 Å². The Bertz CT molecular complexity index is 422. The molecule has 0 aliphatic carbocycles. The van der Waals surface area contributed by atoms with E-state index in [2.05, 4.69) is 15.1 Å². The van der Waals surface area contributed by atoms with Crippen LogP contribution < -0.4 is 5.73 Å². The Morgan fingerprint density at radius 3 is 3.00 bits per heavy atom. The third kappa shape index (κ3) is 2.02. The zero-order valence-corrected chi connectivity index (χ0v) is 8.54. The van der Waals surface area contributed by atoms with Crippen LogP contribution in [0.25, 0.3) is 0 Å². The maximum atomic E-state index is 6.04. The van der Waals surface area contributed by atoms with Crippen LogP contribution in [0, 0.1) is 0 Å². The minimum atomic E-state index is -0.228. The molecule has 0 saturated heterocycles. The Morgan fingerprint density at radius 1 is 1.53 bits per heavy atom. The highest BCUT2D eigenvalue weighted by atomic mass is 15.3. The van der Waals surface area contributed by atoms with Crippen molar-refractivity contribution < 1.29 is 0 Å². The van der Waals surface area contributed by atoms with Crippen LogP contribution >= 0.6 is 0 Å². The first kappa shape index (κ1) is 9.79. The highest BCUT2D eigenvalue weighted by molar-refractivity contribution is 5.21. The summed E-state index contributed by atoms with van der Waals surface area (Å²) in [6.07, 6.45) is 6.90. The molecular weight excluding hydrogens is 190 g/mol. The van der Waals surface area contributed by atoms with Crippen molar-refractivity contribution in [2.75, 3.05) is 0 Å². The smallest absolute Gasteiger partial charge is 0.115 e. The van der Waals surface area contributed by atoms with E-state index >= 15 is 0 Å². The number of nitrogens with zero attached hydrogens (tertiary/aromatic N) is 4. The van der Waals surface area contributed by atoms with Crippen molar-refractivity contribution in [3.63, 3.8) is 0 Å². The first-order valence-corrected chi connectivity index (χ1v) is 4.85. The summed E-state index contributed by atoms with van der Waals surface area (Å²) >= 11 is 0. The summed E-state index contributed by atoms with van der Waals surface area (Å²) < 4.78 is 1.84. The average molecular weight is 203 g/mol. The molecule has 2 N–H and O–H groups in total. The van der Waals surface area contributed by atoms with E-state index < -0.39 is 0 Å². The third-order valence-corrected chi connectivity index (χ3v) is 2.26. The highest BCUT2D eigenvalue weighted by Gasteiger charge is 2.11. The number of nitrogens with two attached hydrogens (primary N) is 1. The fraction of sp³-hybridized carbons (Fsp3) is 0.300. The van der Waals surface area contributed by atoms with Gasteiger partial charge in [0.05, 0.1) is 17.9 Å². The molecule has 0 bridgehead atoms. The van der Waals surface area contributed by atoms with E-state index in [0.29, 0.717) is 0 Å². The van der Waals surface area contributed by atoms with Crippen LogP contribution in [0.15, 0.2) is 31.0 Å². The van der Waals surface area contributed by atoms with Gasteiger partial charge in [0.15, 0.2) is 0 Å². The van der Waals surface area contributed by atoms with Crippen LogP contribution in [0.1, 0.15) is 24.2 Å². The Labute approximate surface area is 88.0 Å². The zero-order valence-electron chi connectivity index (χ0n) is 8.54. The van der Waals surface area contributed by atoms with Gasteiger partial charge in [-0.3, -0.25) is 4.68 Å². The molecule has 2 aromatic heterocycles. The van der Waals surface area contributed by atoms with E-state index in [1.54, 1.807) is 12.4 Å². The number of aryl methyl sites for hydroxylation is 1. The second-order valence-electron chi connectivity index (χ2n) is 3.24. The first-order valence-electron chi connectivity index (χ1n) is 4.85. The highest BCUT2D eigenvalue weighted by Crippen LogP contribution is 2.15. The van der Waals surface area contributed by atoms with E-state index in [1.165, 1.54) is 6.33 Å². The maximum Gasteiger partial charge on any atom is 0.115 e. The molecule has 1 unspecified atom stereocenters. The molecule has 2 aromatic rings. The monoisotopic (exact) mass is 203 g/mol. The van der Waals surface area contributed by atoms with Crippen molar-refractivity contribution in [1.82, 2.24) is 19.7 Å². The molecule has 1 atom stereocenters. The van der Waals surface area contributed by atoms with Crippen LogP contribution in [-0.2, 0) is 6.54 Å². The molecule has 0 aromatic carbocycles. The molecule has 0 aliphatic rings. The van der Waals surface area contributed by atoms with Crippen molar-refractivity contribution in [3.8, 4) is 0 Å². The summed E-state index contributed by atoms with van der Waals surface area (Å²) in [5, 5.41) is 4.17. The SMILES string of the molecule is CCn1cc(C(N)c2ccncn2)cn1. The lowest BCUT2D eigenvalue weighted by Crippen LogP contribution is -2.12. The normalized spacial score (nSPS) is 12.7. The van der Waals surface area contributed by atoms with Gasteiger partial charge in [-0.1, -0.05) is 0 Å². The van der Waals surface area contributed by atoms with E-state index in [-0.39, 0.29) is 6.04 Å². The van der Waals surface area contributed by atoms with Crippen molar-refractivity contribution in [3.05, 3.63) is 42.2 Å². The van der Waals surface area contributed by atoms with E-state index in [4.69, 9.17) is 5.73 Å². The largest absolute Gasteiger partial charge is 0.319 e. The van der Waals surface area contributed by atoms with Crippen LogP contribution in [0.3, 0.4) is 0 Å². The molecule has 78 valence electrons. The van der Waals surface area contributed by atoms with Gasteiger partial charge < -0.3 is 5.73 Å². The van der Waals surface area contributed by atoms with Crippen molar-refractivity contribution >= 4 is 0 Å². The number of hydrogen-bond donors (Lipinski definition) is 1. The van der Waals surface area contributed by atoms with Gasteiger partial charge in [0.1, 0.15) is 6.33 Å². The predicted octanol–water partition coefficient (Wildman–Crippen LogP) is 0.741. The second kappa shape index (κ2) is 4.18. The Hall–Kier alpha value is -1.75. The summed E-state index contributed by atoms with van der Waals surface area (Å²) in [5.74, 6) is 0. The third-order valence-electron chi connectivity index (χ3n) is 2.26. The van der Waals surface area contributed by atoms with Crippen molar-refractivity contribution in [2.45, 2.75) is 19.5 Å². The average Bonchev–Trinajstić information content (AvgIpc) is 2.78. The molecule has 0 amide bonds. The van der Waals surface area contributed by atoms with E-state index in [0.717, 1.165) is 17.8 Å². The molecule has 2 rings (SSSR count). The fourth-order valence-electron chi connectivity index (χ4n) is 1.37. The van der Waals surface area contributed by atoms with Crippen LogP contribution in [0.2, 0.25) is 0 Å². The quantitative estimate of drug-likeness (QED) is 0.798. The molecule has 0 spiro atoms. The molecule has 5 heteroatoms. The van der Waals surface area contributed by atoms with Gasteiger partial charge in [-0.2, -0.15) is 5.10 Å². The topological polar surface area (TPSA) is 69.6 Å². The molecule has 0 radical (unpaired) electrons. The van der Waals surface area contributed by atoms with Crippen molar-refractivity contribution in [2.24, 2.45) is 5.73 Å². The Morgan fingerprint density at radius 2 is 2.40 bits per heavy atom.